The zero-order chi connectivity index (χ0) is 13.8. The Labute approximate surface area is 101 Å². The molecule has 1 aromatic heterocycles. The van der Waals surface area contributed by atoms with Crippen LogP contribution in [0.4, 0.5) is 13.2 Å². The van der Waals surface area contributed by atoms with Crippen LogP contribution in [-0.4, -0.2) is 29.8 Å². The summed E-state index contributed by atoms with van der Waals surface area (Å²) in [5, 5.41) is 8.86. The van der Waals surface area contributed by atoms with Crippen LogP contribution in [0.5, 0.6) is 0 Å². The number of hydrogen-bond acceptors (Lipinski definition) is 3. The van der Waals surface area contributed by atoms with Crippen LogP contribution in [0.2, 0.25) is 0 Å². The predicted molar refractivity (Wildman–Crippen MR) is 56.4 cm³/mol. The van der Waals surface area contributed by atoms with Crippen molar-refractivity contribution in [3.63, 3.8) is 0 Å². The van der Waals surface area contributed by atoms with E-state index in [1.807, 2.05) is 0 Å². The zero-order valence-electron chi connectivity index (χ0n) is 9.62. The normalized spacial score (nSPS) is 11.6. The number of methoxy groups -OCH3 is 1. The molecule has 0 unspecified atom stereocenters. The zero-order valence-corrected chi connectivity index (χ0v) is 9.62. The first-order valence-electron chi connectivity index (χ1n) is 5.15. The van der Waals surface area contributed by atoms with Crippen molar-refractivity contribution < 1.29 is 27.8 Å². The summed E-state index contributed by atoms with van der Waals surface area (Å²) in [7, 11) is 1.46. The van der Waals surface area contributed by atoms with E-state index in [0.717, 1.165) is 6.07 Å². The minimum atomic E-state index is -4.58. The van der Waals surface area contributed by atoms with Crippen molar-refractivity contribution in [3.05, 3.63) is 29.1 Å². The number of carboxylic acid groups (broad SMARTS) is 1. The van der Waals surface area contributed by atoms with Crippen LogP contribution in [0.25, 0.3) is 0 Å². The first-order chi connectivity index (χ1) is 8.36. The minimum absolute atomic E-state index is 0.0747. The Morgan fingerprint density at radius 3 is 2.61 bits per heavy atom. The van der Waals surface area contributed by atoms with Gasteiger partial charge in [-0.2, -0.15) is 13.2 Å². The highest BCUT2D eigenvalue weighted by atomic mass is 19.4. The number of rotatable bonds is 5. The van der Waals surface area contributed by atoms with E-state index in [2.05, 4.69) is 4.98 Å². The molecular weight excluding hydrogens is 251 g/mol. The second kappa shape index (κ2) is 5.81. The summed E-state index contributed by atoms with van der Waals surface area (Å²) in [6.07, 6.45) is -4.04. The largest absolute Gasteiger partial charge is 0.478 e. The van der Waals surface area contributed by atoms with Crippen LogP contribution >= 0.6 is 0 Å². The highest BCUT2D eigenvalue weighted by molar-refractivity contribution is 5.88. The second-order valence-electron chi connectivity index (χ2n) is 3.59. The first kappa shape index (κ1) is 14.4. The first-order valence-corrected chi connectivity index (χ1v) is 5.15. The van der Waals surface area contributed by atoms with Crippen molar-refractivity contribution in [3.8, 4) is 0 Å². The van der Waals surface area contributed by atoms with Crippen molar-refractivity contribution in [2.75, 3.05) is 13.7 Å². The van der Waals surface area contributed by atoms with Gasteiger partial charge in [0.1, 0.15) is 5.69 Å². The van der Waals surface area contributed by atoms with Gasteiger partial charge >= 0.3 is 12.1 Å². The van der Waals surface area contributed by atoms with Crippen LogP contribution in [0.3, 0.4) is 0 Å². The molecule has 1 heterocycles. The molecule has 0 bridgehead atoms. The molecule has 1 aromatic rings. The van der Waals surface area contributed by atoms with E-state index in [0.29, 0.717) is 19.1 Å². The SMILES string of the molecule is COCCCc1nc(C(F)(F)F)ccc1C(=O)O. The van der Waals surface area contributed by atoms with E-state index in [-0.39, 0.29) is 17.7 Å². The van der Waals surface area contributed by atoms with E-state index in [1.54, 1.807) is 0 Å². The van der Waals surface area contributed by atoms with Gasteiger partial charge in [-0.1, -0.05) is 0 Å². The van der Waals surface area contributed by atoms with E-state index >= 15 is 0 Å². The highest BCUT2D eigenvalue weighted by Crippen LogP contribution is 2.28. The molecule has 1 rings (SSSR count). The van der Waals surface area contributed by atoms with Gasteiger partial charge in [0.25, 0.3) is 0 Å². The number of halogens is 3. The molecule has 0 aliphatic heterocycles. The van der Waals surface area contributed by atoms with Crippen molar-refractivity contribution in [2.45, 2.75) is 19.0 Å². The summed E-state index contributed by atoms with van der Waals surface area (Å²) in [6.45, 7) is 0.330. The molecule has 0 amide bonds. The lowest BCUT2D eigenvalue weighted by Crippen LogP contribution is -2.13. The van der Waals surface area contributed by atoms with Gasteiger partial charge < -0.3 is 9.84 Å². The summed E-state index contributed by atoms with van der Waals surface area (Å²) in [5.41, 5.74) is -1.37. The Hall–Kier alpha value is -1.63. The molecule has 0 fully saturated rings. The Kier molecular flexibility index (Phi) is 4.66. The molecule has 0 radical (unpaired) electrons. The standard InChI is InChI=1S/C11H12F3NO3/c1-18-6-2-3-8-7(10(16)17)4-5-9(15-8)11(12,13)14/h4-5H,2-3,6H2,1H3,(H,16,17). The molecule has 0 atom stereocenters. The van der Waals surface area contributed by atoms with Gasteiger partial charge in [0, 0.05) is 13.7 Å². The predicted octanol–water partition coefficient (Wildman–Crippen LogP) is 2.38. The molecular formula is C11H12F3NO3. The number of alkyl halides is 3. The average Bonchev–Trinajstić information content (AvgIpc) is 2.27. The summed E-state index contributed by atoms with van der Waals surface area (Å²) < 4.78 is 42.1. The number of nitrogens with zero attached hydrogens (tertiary/aromatic N) is 1. The number of pyridine rings is 1. The highest BCUT2D eigenvalue weighted by Gasteiger charge is 2.33. The van der Waals surface area contributed by atoms with Crippen molar-refractivity contribution in [1.29, 1.82) is 0 Å². The fourth-order valence-electron chi connectivity index (χ4n) is 1.43. The van der Waals surface area contributed by atoms with Crippen LogP contribution < -0.4 is 0 Å². The fraction of sp³-hybridized carbons (Fsp3) is 0.455. The van der Waals surface area contributed by atoms with Crippen molar-refractivity contribution >= 4 is 5.97 Å². The molecule has 0 aliphatic rings. The van der Waals surface area contributed by atoms with E-state index in [1.165, 1.54) is 7.11 Å². The molecule has 18 heavy (non-hydrogen) atoms. The monoisotopic (exact) mass is 263 g/mol. The van der Waals surface area contributed by atoms with Gasteiger partial charge in [-0.25, -0.2) is 9.78 Å². The maximum Gasteiger partial charge on any atom is 0.433 e. The van der Waals surface area contributed by atoms with Gasteiger partial charge in [-0.05, 0) is 25.0 Å². The van der Waals surface area contributed by atoms with Gasteiger partial charge in [-0.15, -0.1) is 0 Å². The van der Waals surface area contributed by atoms with E-state index in [9.17, 15) is 18.0 Å². The van der Waals surface area contributed by atoms with Crippen LogP contribution in [0.1, 0.15) is 28.2 Å². The van der Waals surface area contributed by atoms with Gasteiger partial charge in [-0.3, -0.25) is 0 Å². The maximum absolute atomic E-state index is 12.5. The Morgan fingerprint density at radius 1 is 1.44 bits per heavy atom. The third-order valence-electron chi connectivity index (χ3n) is 2.26. The third-order valence-corrected chi connectivity index (χ3v) is 2.26. The number of carbonyl (C=O) groups is 1. The van der Waals surface area contributed by atoms with Gasteiger partial charge in [0.2, 0.25) is 0 Å². The number of aromatic carboxylic acids is 1. The molecule has 1 N–H and O–H groups in total. The molecule has 0 saturated carbocycles. The van der Waals surface area contributed by atoms with Gasteiger partial charge in [0.15, 0.2) is 0 Å². The van der Waals surface area contributed by atoms with Gasteiger partial charge in [0.05, 0.1) is 11.3 Å². The number of hydrogen-bond donors (Lipinski definition) is 1. The number of ether oxygens (including phenoxy) is 1. The van der Waals surface area contributed by atoms with Crippen LogP contribution in [-0.2, 0) is 17.3 Å². The summed E-state index contributed by atoms with van der Waals surface area (Å²) in [4.78, 5) is 14.2. The Morgan fingerprint density at radius 2 is 2.11 bits per heavy atom. The molecule has 4 nitrogen and oxygen atoms in total. The quantitative estimate of drug-likeness (QED) is 0.828. The summed E-state index contributed by atoms with van der Waals surface area (Å²) in [5.74, 6) is -1.29. The lowest BCUT2D eigenvalue weighted by atomic mass is 10.1. The van der Waals surface area contributed by atoms with Crippen LogP contribution in [0.15, 0.2) is 12.1 Å². The lowest BCUT2D eigenvalue weighted by Gasteiger charge is -2.10. The number of aryl methyl sites for hydroxylation is 1. The molecule has 0 spiro atoms. The van der Waals surface area contributed by atoms with Crippen LogP contribution in [0, 0.1) is 0 Å². The molecule has 0 saturated heterocycles. The molecule has 0 aromatic carbocycles. The fourth-order valence-corrected chi connectivity index (χ4v) is 1.43. The summed E-state index contributed by atoms with van der Waals surface area (Å²) in [6, 6.07) is 1.60. The number of carboxylic acids is 1. The van der Waals surface area contributed by atoms with E-state index in [4.69, 9.17) is 9.84 Å². The molecule has 0 aliphatic carbocycles. The molecule has 100 valence electrons. The third kappa shape index (κ3) is 3.69. The smallest absolute Gasteiger partial charge is 0.433 e. The average molecular weight is 263 g/mol. The topological polar surface area (TPSA) is 59.4 Å². The Balaban J connectivity index is 3.04. The Bertz CT molecular complexity index is 432. The molecule has 7 heteroatoms. The lowest BCUT2D eigenvalue weighted by molar-refractivity contribution is -0.141. The summed E-state index contributed by atoms with van der Waals surface area (Å²) >= 11 is 0. The number of aromatic nitrogens is 1. The minimum Gasteiger partial charge on any atom is -0.478 e. The second-order valence-corrected chi connectivity index (χ2v) is 3.59. The van der Waals surface area contributed by atoms with E-state index < -0.39 is 17.8 Å². The maximum atomic E-state index is 12.5. The van der Waals surface area contributed by atoms with Crippen molar-refractivity contribution in [2.24, 2.45) is 0 Å². The van der Waals surface area contributed by atoms with Crippen molar-refractivity contribution in [1.82, 2.24) is 4.98 Å².